The van der Waals surface area contributed by atoms with Crippen LogP contribution >= 0.6 is 0 Å². The van der Waals surface area contributed by atoms with E-state index in [0.29, 0.717) is 17.3 Å². The molecule has 23 heavy (non-hydrogen) atoms. The number of methoxy groups -OCH3 is 1. The maximum absolute atomic E-state index is 12.3. The third-order valence-corrected chi connectivity index (χ3v) is 3.55. The fraction of sp³-hybridized carbons (Fsp3) is 0.176. The van der Waals surface area contributed by atoms with Crippen molar-refractivity contribution in [3.05, 3.63) is 64.5 Å². The van der Waals surface area contributed by atoms with Crippen LogP contribution < -0.4 is 10.3 Å². The molecule has 0 amide bonds. The second kappa shape index (κ2) is 6.39. The molecule has 6 nitrogen and oxygen atoms in total. The average Bonchev–Trinajstić information content (AvgIpc) is 2.60. The van der Waals surface area contributed by atoms with Crippen LogP contribution in [0.5, 0.6) is 5.75 Å². The molecule has 0 bridgehead atoms. The molecule has 0 saturated heterocycles. The van der Waals surface area contributed by atoms with E-state index in [9.17, 15) is 9.59 Å². The molecule has 116 valence electrons. The molecule has 3 aromatic rings. The van der Waals surface area contributed by atoms with Crippen molar-refractivity contribution < 1.29 is 9.53 Å². The Balaban J connectivity index is 1.79. The Morgan fingerprint density at radius 2 is 2.17 bits per heavy atom. The Morgan fingerprint density at radius 1 is 1.30 bits per heavy atom. The number of fused-ring (bicyclic) bond motifs is 1. The molecule has 3 rings (SSSR count). The highest BCUT2D eigenvalue weighted by Crippen LogP contribution is 2.14. The smallest absolute Gasteiger partial charge is 0.259 e. The van der Waals surface area contributed by atoms with Crippen LogP contribution in [0.2, 0.25) is 0 Å². The highest BCUT2D eigenvalue weighted by molar-refractivity contribution is 5.94. The molecule has 2 aromatic heterocycles. The van der Waals surface area contributed by atoms with Gasteiger partial charge in [-0.3, -0.25) is 14.6 Å². The lowest BCUT2D eigenvalue weighted by atomic mass is 10.1. The lowest BCUT2D eigenvalue weighted by Crippen LogP contribution is -2.16. The van der Waals surface area contributed by atoms with Crippen molar-refractivity contribution in [3.8, 4) is 5.75 Å². The number of aryl methyl sites for hydroxylation is 1. The molecule has 0 aliphatic rings. The van der Waals surface area contributed by atoms with Gasteiger partial charge in [-0.1, -0.05) is 12.1 Å². The molecule has 0 radical (unpaired) electrons. The van der Waals surface area contributed by atoms with Crippen molar-refractivity contribution in [2.24, 2.45) is 0 Å². The van der Waals surface area contributed by atoms with E-state index in [4.69, 9.17) is 4.74 Å². The number of hydrogen-bond acceptors (Lipinski definition) is 5. The van der Waals surface area contributed by atoms with Crippen LogP contribution in [0, 0.1) is 0 Å². The van der Waals surface area contributed by atoms with E-state index >= 15 is 0 Å². The van der Waals surface area contributed by atoms with E-state index in [-0.39, 0.29) is 23.6 Å². The Labute approximate surface area is 132 Å². The molecule has 0 aliphatic heterocycles. The number of Topliss-reactive ketones (excluding diaryl/α,β-unsaturated/α-hetero) is 1. The predicted molar refractivity (Wildman–Crippen MR) is 85.8 cm³/mol. The maximum atomic E-state index is 12.3. The van der Waals surface area contributed by atoms with E-state index in [1.54, 1.807) is 13.2 Å². The van der Waals surface area contributed by atoms with Crippen molar-refractivity contribution in [1.82, 2.24) is 15.0 Å². The standard InChI is InChI=1S/C17H15N3O3/c1-23-12-4-2-3-11(9-12)5-6-15(21)16-19-14-10-18-8-7-13(14)17(22)20-16/h2-4,7-10H,5-6H2,1H3,(H,19,20,22). The van der Waals surface area contributed by atoms with Crippen LogP contribution in [-0.2, 0) is 6.42 Å². The summed E-state index contributed by atoms with van der Waals surface area (Å²) in [6.07, 6.45) is 3.79. The summed E-state index contributed by atoms with van der Waals surface area (Å²) >= 11 is 0. The average molecular weight is 309 g/mol. The van der Waals surface area contributed by atoms with Gasteiger partial charge in [0.25, 0.3) is 5.56 Å². The van der Waals surface area contributed by atoms with Gasteiger partial charge in [0.15, 0.2) is 11.6 Å². The Kier molecular flexibility index (Phi) is 4.14. The third-order valence-electron chi connectivity index (χ3n) is 3.55. The van der Waals surface area contributed by atoms with Crippen molar-refractivity contribution in [2.45, 2.75) is 12.8 Å². The molecule has 0 saturated carbocycles. The molecule has 0 atom stereocenters. The minimum absolute atomic E-state index is 0.0680. The van der Waals surface area contributed by atoms with Gasteiger partial charge in [0, 0.05) is 12.6 Å². The zero-order valence-corrected chi connectivity index (χ0v) is 12.6. The number of aromatic amines is 1. The molecule has 1 aromatic carbocycles. The van der Waals surface area contributed by atoms with E-state index in [1.165, 1.54) is 12.4 Å². The minimum Gasteiger partial charge on any atom is -0.497 e. The summed E-state index contributed by atoms with van der Waals surface area (Å²) in [4.78, 5) is 34.9. The van der Waals surface area contributed by atoms with Crippen LogP contribution in [0.15, 0.2) is 47.5 Å². The van der Waals surface area contributed by atoms with Crippen LogP contribution in [0.4, 0.5) is 0 Å². The summed E-state index contributed by atoms with van der Waals surface area (Å²) in [5.41, 5.74) is 1.07. The summed E-state index contributed by atoms with van der Waals surface area (Å²) in [5.74, 6) is 0.604. The van der Waals surface area contributed by atoms with Crippen molar-refractivity contribution >= 4 is 16.7 Å². The molecule has 0 unspecified atom stereocenters. The van der Waals surface area contributed by atoms with Crippen LogP contribution in [0.1, 0.15) is 22.6 Å². The second-order valence-corrected chi connectivity index (χ2v) is 5.08. The summed E-state index contributed by atoms with van der Waals surface area (Å²) in [6, 6.07) is 9.11. The van der Waals surface area contributed by atoms with Gasteiger partial charge in [0.05, 0.1) is 24.2 Å². The molecule has 0 aliphatic carbocycles. The van der Waals surface area contributed by atoms with Crippen LogP contribution in [0.3, 0.4) is 0 Å². The van der Waals surface area contributed by atoms with E-state index in [1.807, 2.05) is 24.3 Å². The van der Waals surface area contributed by atoms with Gasteiger partial charge in [0.2, 0.25) is 0 Å². The summed E-state index contributed by atoms with van der Waals surface area (Å²) < 4.78 is 5.16. The second-order valence-electron chi connectivity index (χ2n) is 5.08. The zero-order valence-electron chi connectivity index (χ0n) is 12.6. The number of H-pyrrole nitrogens is 1. The largest absolute Gasteiger partial charge is 0.497 e. The lowest BCUT2D eigenvalue weighted by molar-refractivity contribution is 0.0973. The normalized spacial score (nSPS) is 10.7. The van der Waals surface area contributed by atoms with Gasteiger partial charge in [-0.05, 0) is 30.2 Å². The highest BCUT2D eigenvalue weighted by atomic mass is 16.5. The summed E-state index contributed by atoms with van der Waals surface area (Å²) in [5, 5.41) is 0.421. The predicted octanol–water partition coefficient (Wildman–Crippen LogP) is 2.14. The molecule has 0 fully saturated rings. The number of ketones is 1. The first kappa shape index (κ1) is 14.9. The van der Waals surface area contributed by atoms with Crippen molar-refractivity contribution in [2.75, 3.05) is 7.11 Å². The van der Waals surface area contributed by atoms with Gasteiger partial charge in [-0.15, -0.1) is 0 Å². The lowest BCUT2D eigenvalue weighted by Gasteiger charge is -2.05. The molecule has 2 heterocycles. The van der Waals surface area contributed by atoms with Crippen molar-refractivity contribution in [1.29, 1.82) is 0 Å². The van der Waals surface area contributed by atoms with Crippen LogP contribution in [-0.4, -0.2) is 27.8 Å². The zero-order chi connectivity index (χ0) is 16.2. The SMILES string of the molecule is COc1cccc(CCC(=O)c2nc3cnccc3c(=O)[nH]2)c1. The quantitative estimate of drug-likeness (QED) is 0.730. The first-order chi connectivity index (χ1) is 11.2. The first-order valence-corrected chi connectivity index (χ1v) is 7.17. The number of rotatable bonds is 5. The van der Waals surface area contributed by atoms with Gasteiger partial charge >= 0.3 is 0 Å². The van der Waals surface area contributed by atoms with Gasteiger partial charge in [-0.25, -0.2) is 4.98 Å². The highest BCUT2D eigenvalue weighted by Gasteiger charge is 2.12. The molecule has 0 spiro atoms. The third kappa shape index (κ3) is 3.26. The van der Waals surface area contributed by atoms with E-state index in [2.05, 4.69) is 15.0 Å². The Hall–Kier alpha value is -3.02. The van der Waals surface area contributed by atoms with Gasteiger partial charge < -0.3 is 9.72 Å². The number of benzene rings is 1. The molecular formula is C17H15N3O3. The topological polar surface area (TPSA) is 84.9 Å². The maximum Gasteiger partial charge on any atom is 0.259 e. The number of carbonyl (C=O) groups excluding carboxylic acids is 1. The van der Waals surface area contributed by atoms with E-state index in [0.717, 1.165) is 11.3 Å². The summed E-state index contributed by atoms with van der Waals surface area (Å²) in [7, 11) is 1.60. The van der Waals surface area contributed by atoms with Gasteiger partial charge in [-0.2, -0.15) is 0 Å². The van der Waals surface area contributed by atoms with E-state index < -0.39 is 0 Å². The van der Waals surface area contributed by atoms with Crippen molar-refractivity contribution in [3.63, 3.8) is 0 Å². The molecule has 1 N–H and O–H groups in total. The molecular weight excluding hydrogens is 294 g/mol. The number of hydrogen-bond donors (Lipinski definition) is 1. The number of pyridine rings is 1. The number of aromatic nitrogens is 3. The number of ether oxygens (including phenoxy) is 1. The van der Waals surface area contributed by atoms with Crippen LogP contribution in [0.25, 0.3) is 10.9 Å². The Bertz CT molecular complexity index is 918. The summed E-state index contributed by atoms with van der Waals surface area (Å²) in [6.45, 7) is 0. The number of nitrogens with one attached hydrogen (secondary N) is 1. The number of carbonyl (C=O) groups is 1. The fourth-order valence-corrected chi connectivity index (χ4v) is 2.33. The van der Waals surface area contributed by atoms with Gasteiger partial charge in [0.1, 0.15) is 5.75 Å². The monoisotopic (exact) mass is 309 g/mol. The molecule has 6 heteroatoms. The first-order valence-electron chi connectivity index (χ1n) is 7.17. The number of nitrogens with zero attached hydrogens (tertiary/aromatic N) is 2. The Morgan fingerprint density at radius 3 is 3.00 bits per heavy atom. The minimum atomic E-state index is -0.331. The fourth-order valence-electron chi connectivity index (χ4n) is 2.33.